The van der Waals surface area contributed by atoms with Gasteiger partial charge >= 0.3 is 0 Å². The largest absolute Gasteiger partial charge is 0.359 e. The maximum Gasteiger partial charge on any atom is 0.141 e. The summed E-state index contributed by atoms with van der Waals surface area (Å²) in [7, 11) is 0. The predicted molar refractivity (Wildman–Crippen MR) is 90.4 cm³/mol. The summed E-state index contributed by atoms with van der Waals surface area (Å²) in [5, 5.41) is 3.26. The van der Waals surface area contributed by atoms with Gasteiger partial charge in [0.15, 0.2) is 0 Å². The number of fused-ring (bicyclic) bond motifs is 1. The van der Waals surface area contributed by atoms with Crippen molar-refractivity contribution in [3.63, 3.8) is 0 Å². The summed E-state index contributed by atoms with van der Waals surface area (Å²) in [4.78, 5) is 10.3. The molecule has 118 valence electrons. The summed E-state index contributed by atoms with van der Waals surface area (Å²) in [6, 6.07) is 6.51. The second-order valence-electron chi connectivity index (χ2n) is 5.38. The van der Waals surface area contributed by atoms with Gasteiger partial charge in [-0.3, -0.25) is 0 Å². The molecule has 3 nitrogen and oxygen atoms in total. The van der Waals surface area contributed by atoms with Gasteiger partial charge in [0.05, 0.1) is 0 Å². The topological polar surface area (TPSA) is 30.7 Å². The van der Waals surface area contributed by atoms with Crippen LogP contribution in [0.1, 0.15) is 30.2 Å². The van der Waals surface area contributed by atoms with Crippen LogP contribution in [0, 0.1) is 20.3 Å². The molecule has 3 aromatic rings. The predicted octanol–water partition coefficient (Wildman–Crippen LogP) is 4.45. The van der Waals surface area contributed by atoms with Crippen LogP contribution in [0.2, 0.25) is 0 Å². The molecule has 0 amide bonds. The molecule has 3 heterocycles. The van der Waals surface area contributed by atoms with E-state index in [4.69, 9.17) is 0 Å². The quantitative estimate of drug-likeness (QED) is 0.520. The van der Waals surface area contributed by atoms with Gasteiger partial charge in [-0.05, 0) is 24.4 Å². The van der Waals surface area contributed by atoms with Gasteiger partial charge in [0.2, 0.25) is 0 Å². The van der Waals surface area contributed by atoms with Gasteiger partial charge in [-0.15, -0.1) is 11.3 Å². The number of rotatable bonds is 4. The van der Waals surface area contributed by atoms with Gasteiger partial charge in [-0.25, -0.2) is 9.97 Å². The van der Waals surface area contributed by atoms with Crippen molar-refractivity contribution in [3.05, 3.63) is 59.5 Å². The normalized spacial score (nSPS) is 10.1. The Balaban J connectivity index is 0.00000161. The first-order valence-electron chi connectivity index (χ1n) is 6.76. The van der Waals surface area contributed by atoms with Crippen LogP contribution in [-0.2, 0) is 78.4 Å². The average molecular weight is 477 g/mol. The molecule has 0 N–H and O–H groups in total. The molecule has 0 fully saturated rings. The van der Waals surface area contributed by atoms with Gasteiger partial charge in [0, 0.05) is 94.0 Å². The minimum absolute atomic E-state index is 0. The van der Waals surface area contributed by atoms with E-state index in [9.17, 15) is 0 Å². The van der Waals surface area contributed by atoms with E-state index in [2.05, 4.69) is 52.0 Å². The maximum absolute atomic E-state index is 4.62. The summed E-state index contributed by atoms with van der Waals surface area (Å²) in [6.07, 6.45) is 2.89. The minimum Gasteiger partial charge on any atom is -0.359 e. The maximum atomic E-state index is 4.62. The summed E-state index contributed by atoms with van der Waals surface area (Å²) < 4.78 is 2.32. The molecule has 0 aliphatic heterocycles. The third-order valence-electron chi connectivity index (χ3n) is 3.25. The Morgan fingerprint density at radius 1 is 1.26 bits per heavy atom. The second kappa shape index (κ2) is 10.5. The molecule has 0 aliphatic carbocycles. The van der Waals surface area contributed by atoms with Gasteiger partial charge in [0.1, 0.15) is 11.5 Å². The number of aryl methyl sites for hydroxylation is 1. The van der Waals surface area contributed by atoms with Crippen LogP contribution in [0.3, 0.4) is 0 Å². The number of hydrogen-bond acceptors (Lipinski definition) is 3. The van der Waals surface area contributed by atoms with Crippen molar-refractivity contribution in [2.45, 2.75) is 33.7 Å². The Kier molecular flexibility index (Phi) is 10.7. The minimum atomic E-state index is 0. The summed E-state index contributed by atoms with van der Waals surface area (Å²) in [5.74, 6) is 2.21. The smallest absolute Gasteiger partial charge is 0.141 e. The Labute approximate surface area is 193 Å². The van der Waals surface area contributed by atoms with Crippen LogP contribution in [0.25, 0.3) is 11.0 Å². The second-order valence-corrected chi connectivity index (χ2v) is 6.41. The number of thiophene rings is 1. The number of hydrogen-bond donors (Lipinski definition) is 0. The zero-order valence-electron chi connectivity index (χ0n) is 14.2. The fourth-order valence-electron chi connectivity index (χ4n) is 2.41. The van der Waals surface area contributed by atoms with Crippen LogP contribution in [-0.4, -0.2) is 14.5 Å². The van der Waals surface area contributed by atoms with E-state index in [-0.39, 0.29) is 72.8 Å². The molecule has 23 heavy (non-hydrogen) atoms. The molecule has 0 saturated carbocycles. The van der Waals surface area contributed by atoms with Gasteiger partial charge in [-0.1, -0.05) is 12.6 Å². The molecule has 0 aromatic carbocycles. The van der Waals surface area contributed by atoms with Crippen molar-refractivity contribution in [1.29, 1.82) is 0 Å². The molecule has 0 unspecified atom stereocenters. The van der Waals surface area contributed by atoms with Crippen LogP contribution in [0.4, 0.5) is 0 Å². The molecule has 2 radical (unpaired) electrons. The SMILES string of the molecule is Cc1ncc2cc(Cc3cccs3)n(C[C-](C)C)c2n1.[CH3-].[Y].[Y]. The molecule has 0 atom stereocenters. The molecular formula is C17H21N3SY2-2. The third-order valence-corrected chi connectivity index (χ3v) is 4.13. The Bertz CT molecular complexity index is 721. The van der Waals surface area contributed by atoms with Crippen LogP contribution in [0.15, 0.2) is 29.8 Å². The fourth-order valence-corrected chi connectivity index (χ4v) is 3.13. The number of nitrogens with zero attached hydrogens (tertiary/aromatic N) is 3. The standard InChI is InChI=1S/C16H18N3S.CH3.2Y/c1-11(2)10-19-14(8-15-5-4-6-20-15)7-13-9-17-12(3)18-16(13)19;;;/h4-7,9H,8,10H2,1-3H3;1H3;;/q2*-1;;. The first-order valence-corrected chi connectivity index (χ1v) is 7.64. The van der Waals surface area contributed by atoms with E-state index >= 15 is 0 Å². The van der Waals surface area contributed by atoms with Crippen molar-refractivity contribution >= 4 is 22.4 Å². The van der Waals surface area contributed by atoms with Crippen molar-refractivity contribution in [2.75, 3.05) is 0 Å². The first kappa shape index (κ1) is 23.5. The van der Waals surface area contributed by atoms with Gasteiger partial charge in [-0.2, -0.15) is 13.8 Å². The van der Waals surface area contributed by atoms with E-state index < -0.39 is 0 Å². The fraction of sp³-hybridized carbons (Fsp3) is 0.294. The monoisotopic (exact) mass is 477 g/mol. The van der Waals surface area contributed by atoms with E-state index in [0.717, 1.165) is 29.8 Å². The molecule has 0 spiro atoms. The van der Waals surface area contributed by atoms with Crippen molar-refractivity contribution < 1.29 is 65.4 Å². The Morgan fingerprint density at radius 3 is 2.61 bits per heavy atom. The first-order chi connectivity index (χ1) is 9.63. The third kappa shape index (κ3) is 5.78. The molecule has 6 heteroatoms. The molecule has 3 aromatic heterocycles. The van der Waals surface area contributed by atoms with Gasteiger partial charge < -0.3 is 17.9 Å². The van der Waals surface area contributed by atoms with Crippen LogP contribution in [0.5, 0.6) is 0 Å². The zero-order chi connectivity index (χ0) is 14.1. The van der Waals surface area contributed by atoms with Crippen LogP contribution < -0.4 is 0 Å². The summed E-state index contributed by atoms with van der Waals surface area (Å²) in [6.45, 7) is 7.18. The average Bonchev–Trinajstić information content (AvgIpc) is 2.99. The summed E-state index contributed by atoms with van der Waals surface area (Å²) >= 11 is 1.80. The van der Waals surface area contributed by atoms with Crippen molar-refractivity contribution in [1.82, 2.24) is 14.5 Å². The molecule has 0 bridgehead atoms. The van der Waals surface area contributed by atoms with Crippen molar-refractivity contribution in [3.8, 4) is 0 Å². The van der Waals surface area contributed by atoms with Crippen LogP contribution >= 0.6 is 11.3 Å². The summed E-state index contributed by atoms with van der Waals surface area (Å²) in [5.41, 5.74) is 2.36. The molecule has 3 rings (SSSR count). The molecule has 0 aliphatic rings. The van der Waals surface area contributed by atoms with Crippen molar-refractivity contribution in [2.24, 2.45) is 0 Å². The zero-order valence-corrected chi connectivity index (χ0v) is 20.7. The van der Waals surface area contributed by atoms with E-state index in [1.54, 1.807) is 11.3 Å². The van der Waals surface area contributed by atoms with E-state index in [1.807, 2.05) is 13.1 Å². The number of aromatic nitrogens is 3. The Morgan fingerprint density at radius 2 is 2.00 bits per heavy atom. The van der Waals surface area contributed by atoms with E-state index in [0.29, 0.717) is 0 Å². The van der Waals surface area contributed by atoms with Gasteiger partial charge in [0.25, 0.3) is 0 Å². The molecular weight excluding hydrogens is 456 g/mol. The van der Waals surface area contributed by atoms with E-state index in [1.165, 1.54) is 16.5 Å². The molecule has 0 saturated heterocycles. The Hall–Kier alpha value is 0.528.